The normalized spacial score (nSPS) is 12.5. The number of aromatic amines is 1. The van der Waals surface area contributed by atoms with Crippen LogP contribution in [0.3, 0.4) is 0 Å². The fourth-order valence-electron chi connectivity index (χ4n) is 3.44. The summed E-state index contributed by atoms with van der Waals surface area (Å²) >= 11 is 1.59. The lowest BCUT2D eigenvalue weighted by molar-refractivity contribution is -0.118. The van der Waals surface area contributed by atoms with Crippen LogP contribution >= 0.6 is 11.8 Å². The standard InChI is InChI=1S/C22H25N5OS/c1-15(22-25-17-8-3-4-9-18(17)26-22)29-14-21(28)23-12-7-13-27-16(2)24-19-10-5-6-11-20(19)27/h3-6,8-11,15H,7,12-14H2,1-2H3,(H,23,28)(H,25,26). The van der Waals surface area contributed by atoms with Crippen molar-refractivity contribution in [1.29, 1.82) is 0 Å². The van der Waals surface area contributed by atoms with Crippen LogP contribution < -0.4 is 5.32 Å². The number of hydrogen-bond acceptors (Lipinski definition) is 4. The van der Waals surface area contributed by atoms with Gasteiger partial charge in [0.15, 0.2) is 0 Å². The van der Waals surface area contributed by atoms with E-state index in [-0.39, 0.29) is 11.2 Å². The van der Waals surface area contributed by atoms with Crippen LogP contribution in [0.4, 0.5) is 0 Å². The van der Waals surface area contributed by atoms with Crippen LogP contribution in [0.2, 0.25) is 0 Å². The van der Waals surface area contributed by atoms with E-state index in [0.717, 1.165) is 46.7 Å². The predicted molar refractivity (Wildman–Crippen MR) is 119 cm³/mol. The van der Waals surface area contributed by atoms with Gasteiger partial charge in [0.1, 0.15) is 11.6 Å². The van der Waals surface area contributed by atoms with Crippen LogP contribution in [0, 0.1) is 6.92 Å². The van der Waals surface area contributed by atoms with Gasteiger partial charge in [-0.15, -0.1) is 11.8 Å². The second-order valence-electron chi connectivity index (χ2n) is 7.10. The summed E-state index contributed by atoms with van der Waals surface area (Å²) in [4.78, 5) is 24.7. The lowest BCUT2D eigenvalue weighted by Crippen LogP contribution is -2.27. The molecule has 2 N–H and O–H groups in total. The third-order valence-electron chi connectivity index (χ3n) is 4.98. The summed E-state index contributed by atoms with van der Waals surface area (Å²) in [5, 5.41) is 3.15. The first-order valence-electron chi connectivity index (χ1n) is 9.86. The van der Waals surface area contributed by atoms with Crippen molar-refractivity contribution < 1.29 is 4.79 Å². The minimum atomic E-state index is 0.0603. The lowest BCUT2D eigenvalue weighted by atomic mass is 10.3. The highest BCUT2D eigenvalue weighted by molar-refractivity contribution is 8.00. The van der Waals surface area contributed by atoms with E-state index in [1.54, 1.807) is 11.8 Å². The molecular weight excluding hydrogens is 382 g/mol. The van der Waals surface area contributed by atoms with Crippen LogP contribution in [0.15, 0.2) is 48.5 Å². The van der Waals surface area contributed by atoms with Gasteiger partial charge in [-0.1, -0.05) is 24.3 Å². The van der Waals surface area contributed by atoms with Gasteiger partial charge in [-0.3, -0.25) is 4.79 Å². The quantitative estimate of drug-likeness (QED) is 0.429. The molecule has 1 unspecified atom stereocenters. The van der Waals surface area contributed by atoms with Crippen LogP contribution in [-0.4, -0.2) is 37.7 Å². The molecule has 0 aliphatic rings. The second-order valence-corrected chi connectivity index (χ2v) is 8.42. The molecule has 1 amide bonds. The van der Waals surface area contributed by atoms with Gasteiger partial charge in [-0.05, 0) is 44.5 Å². The van der Waals surface area contributed by atoms with Crippen molar-refractivity contribution in [3.8, 4) is 0 Å². The lowest BCUT2D eigenvalue weighted by Gasteiger charge is -2.10. The van der Waals surface area contributed by atoms with Crippen molar-refractivity contribution in [1.82, 2.24) is 24.8 Å². The maximum Gasteiger partial charge on any atom is 0.230 e. The van der Waals surface area contributed by atoms with Crippen molar-refractivity contribution in [2.24, 2.45) is 0 Å². The van der Waals surface area contributed by atoms with Crippen molar-refractivity contribution >= 4 is 39.7 Å². The van der Waals surface area contributed by atoms with Gasteiger partial charge in [-0.25, -0.2) is 9.97 Å². The zero-order valence-electron chi connectivity index (χ0n) is 16.7. The highest BCUT2D eigenvalue weighted by Crippen LogP contribution is 2.27. The maximum absolute atomic E-state index is 12.2. The first-order chi connectivity index (χ1) is 14.1. The van der Waals surface area contributed by atoms with Gasteiger partial charge >= 0.3 is 0 Å². The number of aromatic nitrogens is 4. The molecule has 6 nitrogen and oxygen atoms in total. The van der Waals surface area contributed by atoms with Gasteiger partial charge < -0.3 is 14.9 Å². The van der Waals surface area contributed by atoms with E-state index in [9.17, 15) is 4.79 Å². The fraction of sp³-hybridized carbons (Fsp3) is 0.318. The molecule has 0 fully saturated rings. The second kappa shape index (κ2) is 8.69. The number of amides is 1. The summed E-state index contributed by atoms with van der Waals surface area (Å²) in [5.74, 6) is 2.40. The highest BCUT2D eigenvalue weighted by Gasteiger charge is 2.13. The summed E-state index contributed by atoms with van der Waals surface area (Å²) in [6, 6.07) is 16.1. The maximum atomic E-state index is 12.2. The average Bonchev–Trinajstić information content (AvgIpc) is 3.30. The smallest absolute Gasteiger partial charge is 0.230 e. The van der Waals surface area contributed by atoms with E-state index in [1.807, 2.05) is 49.4 Å². The third kappa shape index (κ3) is 4.45. The number of carbonyl (C=O) groups is 1. The Balaban J connectivity index is 1.22. The molecule has 0 bridgehead atoms. The zero-order valence-corrected chi connectivity index (χ0v) is 17.5. The summed E-state index contributed by atoms with van der Waals surface area (Å²) in [6.07, 6.45) is 0.872. The molecule has 4 aromatic rings. The Bertz CT molecular complexity index is 1100. The van der Waals surface area contributed by atoms with Crippen LogP contribution in [0.1, 0.15) is 30.2 Å². The summed E-state index contributed by atoms with van der Waals surface area (Å²) < 4.78 is 2.21. The number of carbonyl (C=O) groups excluding carboxylic acids is 1. The molecule has 2 heterocycles. The molecule has 0 aliphatic heterocycles. The molecule has 2 aromatic carbocycles. The third-order valence-corrected chi connectivity index (χ3v) is 6.14. The zero-order chi connectivity index (χ0) is 20.2. The van der Waals surface area contributed by atoms with E-state index in [0.29, 0.717) is 12.3 Å². The summed E-state index contributed by atoms with van der Waals surface area (Å²) in [6.45, 7) is 5.59. The van der Waals surface area contributed by atoms with Gasteiger partial charge in [-0.2, -0.15) is 0 Å². The molecule has 0 aliphatic carbocycles. The van der Waals surface area contributed by atoms with Crippen LogP contribution in [-0.2, 0) is 11.3 Å². The van der Waals surface area contributed by atoms with E-state index in [4.69, 9.17) is 0 Å². The Labute approximate surface area is 174 Å². The van der Waals surface area contributed by atoms with E-state index < -0.39 is 0 Å². The number of nitrogens with one attached hydrogen (secondary N) is 2. The van der Waals surface area contributed by atoms with E-state index in [1.165, 1.54) is 0 Å². The van der Waals surface area contributed by atoms with Crippen molar-refractivity contribution in [3.63, 3.8) is 0 Å². The van der Waals surface area contributed by atoms with Gasteiger partial charge in [0, 0.05) is 13.1 Å². The van der Waals surface area contributed by atoms with Crippen molar-refractivity contribution in [2.75, 3.05) is 12.3 Å². The number of nitrogens with zero attached hydrogens (tertiary/aromatic N) is 3. The number of fused-ring (bicyclic) bond motifs is 2. The molecule has 29 heavy (non-hydrogen) atoms. The predicted octanol–water partition coefficient (Wildman–Crippen LogP) is 4.22. The Morgan fingerprint density at radius 1 is 1.14 bits per heavy atom. The number of rotatable bonds is 8. The molecule has 7 heteroatoms. The number of imidazole rings is 2. The molecule has 0 spiro atoms. The van der Waals surface area contributed by atoms with Crippen molar-refractivity contribution in [2.45, 2.75) is 32.1 Å². The number of H-pyrrole nitrogens is 1. The number of thioether (sulfide) groups is 1. The van der Waals surface area contributed by atoms with Crippen LogP contribution in [0.5, 0.6) is 0 Å². The number of hydrogen-bond donors (Lipinski definition) is 2. The molecule has 0 saturated carbocycles. The first-order valence-corrected chi connectivity index (χ1v) is 10.9. The first kappa shape index (κ1) is 19.5. The molecule has 1 atom stereocenters. The largest absolute Gasteiger partial charge is 0.355 e. The fourth-order valence-corrected chi connectivity index (χ4v) is 4.21. The SMILES string of the molecule is Cc1nc2ccccc2n1CCCNC(=O)CSC(C)c1nc2ccccc2[nH]1. The van der Waals surface area contributed by atoms with Gasteiger partial charge in [0.25, 0.3) is 0 Å². The van der Waals surface area contributed by atoms with E-state index in [2.05, 4.69) is 37.8 Å². The molecule has 4 rings (SSSR count). The Kier molecular flexibility index (Phi) is 5.85. The molecule has 0 radical (unpaired) electrons. The minimum absolute atomic E-state index is 0.0603. The number of para-hydroxylation sites is 4. The molecule has 0 saturated heterocycles. The number of benzene rings is 2. The van der Waals surface area contributed by atoms with Gasteiger partial charge in [0.05, 0.1) is 33.1 Å². The molecular formula is C22H25N5OS. The van der Waals surface area contributed by atoms with E-state index >= 15 is 0 Å². The van der Waals surface area contributed by atoms with Crippen molar-refractivity contribution in [3.05, 3.63) is 60.2 Å². The Morgan fingerprint density at radius 2 is 1.90 bits per heavy atom. The Morgan fingerprint density at radius 3 is 2.72 bits per heavy atom. The monoisotopic (exact) mass is 407 g/mol. The minimum Gasteiger partial charge on any atom is -0.355 e. The summed E-state index contributed by atoms with van der Waals surface area (Å²) in [7, 11) is 0. The topological polar surface area (TPSA) is 75.6 Å². The highest BCUT2D eigenvalue weighted by atomic mass is 32.2. The van der Waals surface area contributed by atoms with Gasteiger partial charge in [0.2, 0.25) is 5.91 Å². The Hall–Kier alpha value is -2.80. The van der Waals surface area contributed by atoms with Crippen LogP contribution in [0.25, 0.3) is 22.1 Å². The molecule has 150 valence electrons. The number of aryl methyl sites for hydroxylation is 2. The summed E-state index contributed by atoms with van der Waals surface area (Å²) in [5.41, 5.74) is 4.15. The average molecular weight is 408 g/mol. The molecule has 2 aromatic heterocycles.